The molecule has 200 valence electrons. The van der Waals surface area contributed by atoms with Crippen LogP contribution in [0.1, 0.15) is 68.6 Å². The Labute approximate surface area is 220 Å². The van der Waals surface area contributed by atoms with Crippen LogP contribution in [0.4, 0.5) is 5.69 Å². The molecule has 2 heterocycles. The Kier molecular flexibility index (Phi) is 10.0. The van der Waals surface area contributed by atoms with Gasteiger partial charge >= 0.3 is 0 Å². The van der Waals surface area contributed by atoms with Gasteiger partial charge in [0.05, 0.1) is 5.69 Å². The smallest absolute Gasteiger partial charge is 0.253 e. The summed E-state index contributed by atoms with van der Waals surface area (Å²) in [5.41, 5.74) is 2.82. The summed E-state index contributed by atoms with van der Waals surface area (Å²) in [7, 11) is -1.84. The molecule has 0 bridgehead atoms. The molecule has 36 heavy (non-hydrogen) atoms. The summed E-state index contributed by atoms with van der Waals surface area (Å²) in [4.78, 5) is 17.5. The summed E-state index contributed by atoms with van der Waals surface area (Å²) < 4.78 is 27.5. The Balaban J connectivity index is 1.56. The van der Waals surface area contributed by atoms with Gasteiger partial charge in [-0.25, -0.2) is 14.3 Å². The minimum atomic E-state index is -3.61. The number of nitrogens with one attached hydrogen (secondary N) is 1. The largest absolute Gasteiger partial charge is 0.314 e. The molecule has 1 spiro atoms. The molecular weight excluding hydrogens is 494 g/mol. The zero-order valence-corrected chi connectivity index (χ0v) is 23.7. The zero-order valence-electron chi connectivity index (χ0n) is 22.0. The molecule has 8 nitrogen and oxygen atoms in total. The van der Waals surface area contributed by atoms with Gasteiger partial charge in [0.2, 0.25) is 10.0 Å². The second-order valence-electron chi connectivity index (χ2n) is 9.82. The van der Waals surface area contributed by atoms with Gasteiger partial charge in [-0.05, 0) is 92.4 Å². The standard InChI is InChI=1S/C26H41N5O3S2/c1-5-15-35-16-8-6-7-9-24-28-25(32)26(29-24)11-13-31(14-12-26)36(33,34)17-10-23-20(2)18-22(30(4)27)19-21(23)3/h10,17-19H,5-9,11-16,27H2,1-4H3,(H,28,29,32)/b17-10+. The number of amides is 1. The number of carbonyl (C=O) groups is 1. The lowest BCUT2D eigenvalue weighted by molar-refractivity contribution is -0.124. The first-order chi connectivity index (χ1) is 17.1. The Bertz CT molecular complexity index is 1070. The van der Waals surface area contributed by atoms with Crippen LogP contribution in [-0.2, 0) is 14.8 Å². The van der Waals surface area contributed by atoms with Gasteiger partial charge in [-0.15, -0.1) is 0 Å². The van der Waals surface area contributed by atoms with Gasteiger partial charge in [0.1, 0.15) is 11.4 Å². The van der Waals surface area contributed by atoms with E-state index in [9.17, 15) is 13.2 Å². The van der Waals surface area contributed by atoms with E-state index in [0.29, 0.717) is 12.8 Å². The number of nitrogens with zero attached hydrogens (tertiary/aromatic N) is 3. The van der Waals surface area contributed by atoms with Crippen molar-refractivity contribution >= 4 is 45.3 Å². The molecule has 3 N–H and O–H groups in total. The molecule has 1 fully saturated rings. The van der Waals surface area contributed by atoms with Crippen LogP contribution >= 0.6 is 11.8 Å². The predicted octanol–water partition coefficient (Wildman–Crippen LogP) is 3.98. The van der Waals surface area contributed by atoms with Crippen molar-refractivity contribution in [3.63, 3.8) is 0 Å². The lowest BCUT2D eigenvalue weighted by atomic mass is 9.89. The van der Waals surface area contributed by atoms with Crippen LogP contribution in [-0.4, -0.2) is 61.6 Å². The number of hydrogen-bond donors (Lipinski definition) is 2. The van der Waals surface area contributed by atoms with Crippen LogP contribution in [0, 0.1) is 13.8 Å². The van der Waals surface area contributed by atoms with Crippen molar-refractivity contribution in [2.24, 2.45) is 10.8 Å². The molecule has 0 radical (unpaired) electrons. The highest BCUT2D eigenvalue weighted by Gasteiger charge is 2.46. The minimum Gasteiger partial charge on any atom is -0.314 e. The van der Waals surface area contributed by atoms with Gasteiger partial charge in [-0.1, -0.05) is 13.3 Å². The third-order valence-corrected chi connectivity index (χ3v) is 9.72. The number of thioether (sulfide) groups is 1. The predicted molar refractivity (Wildman–Crippen MR) is 152 cm³/mol. The number of unbranched alkanes of at least 4 members (excludes halogenated alkanes) is 2. The third kappa shape index (κ3) is 7.12. The Hall–Kier alpha value is -1.88. The molecule has 2 aliphatic heterocycles. The number of hydrazine groups is 1. The highest BCUT2D eigenvalue weighted by Crippen LogP contribution is 2.32. The average molecular weight is 536 g/mol. The van der Waals surface area contributed by atoms with Crippen LogP contribution in [0.2, 0.25) is 0 Å². The normalized spacial score (nSPS) is 18.1. The highest BCUT2D eigenvalue weighted by atomic mass is 32.2. The van der Waals surface area contributed by atoms with Crippen LogP contribution in [0.15, 0.2) is 22.5 Å². The number of piperidine rings is 1. The number of carbonyl (C=O) groups excluding carboxylic acids is 1. The first-order valence-corrected chi connectivity index (χ1v) is 15.5. The number of anilines is 1. The molecular formula is C26H41N5O3S2. The topological polar surface area (TPSA) is 108 Å². The SMILES string of the molecule is CCCSCCCCCC1=NC2(CCN(S(=O)(=O)/C=C/c3c(C)cc(N(C)N)cc3C)CC2)C(=O)N1. The molecule has 3 rings (SSSR count). The molecule has 0 aromatic heterocycles. The van der Waals surface area contributed by atoms with Crippen LogP contribution in [0.3, 0.4) is 0 Å². The molecule has 0 atom stereocenters. The molecule has 1 aromatic carbocycles. The quantitative estimate of drug-likeness (QED) is 0.238. The van der Waals surface area contributed by atoms with E-state index in [1.54, 1.807) is 13.1 Å². The molecule has 2 aliphatic rings. The number of sulfonamides is 1. The van der Waals surface area contributed by atoms with Crippen LogP contribution in [0.25, 0.3) is 6.08 Å². The number of nitrogens with two attached hydrogens (primary N) is 1. The van der Waals surface area contributed by atoms with Gasteiger partial charge in [0.15, 0.2) is 0 Å². The fraction of sp³-hybridized carbons (Fsp3) is 0.615. The van der Waals surface area contributed by atoms with Crippen molar-refractivity contribution in [2.45, 2.75) is 71.3 Å². The van der Waals surface area contributed by atoms with E-state index in [4.69, 9.17) is 10.8 Å². The van der Waals surface area contributed by atoms with Crippen molar-refractivity contribution in [1.29, 1.82) is 0 Å². The maximum atomic E-state index is 13.0. The number of aryl methyl sites for hydroxylation is 2. The summed E-state index contributed by atoms with van der Waals surface area (Å²) in [6.07, 6.45) is 7.76. The fourth-order valence-electron chi connectivity index (χ4n) is 4.73. The van der Waals surface area contributed by atoms with E-state index < -0.39 is 15.6 Å². The summed E-state index contributed by atoms with van der Waals surface area (Å²) in [6.45, 7) is 6.64. The Morgan fingerprint density at radius 2 is 1.83 bits per heavy atom. The van der Waals surface area contributed by atoms with Gasteiger partial charge in [-0.2, -0.15) is 16.1 Å². The molecule has 10 heteroatoms. The summed E-state index contributed by atoms with van der Waals surface area (Å²) >= 11 is 2.00. The number of aliphatic imine (C=N–C) groups is 1. The maximum absolute atomic E-state index is 13.0. The molecule has 0 unspecified atom stereocenters. The minimum absolute atomic E-state index is 0.0835. The number of benzene rings is 1. The number of hydrogen-bond acceptors (Lipinski definition) is 7. The Morgan fingerprint density at radius 1 is 1.17 bits per heavy atom. The summed E-state index contributed by atoms with van der Waals surface area (Å²) in [5.74, 6) is 8.91. The van der Waals surface area contributed by atoms with Gasteiger partial charge in [0.25, 0.3) is 5.91 Å². The van der Waals surface area contributed by atoms with Crippen LogP contribution < -0.4 is 16.2 Å². The van der Waals surface area contributed by atoms with Crippen molar-refractivity contribution in [3.05, 3.63) is 34.2 Å². The van der Waals surface area contributed by atoms with Crippen molar-refractivity contribution < 1.29 is 13.2 Å². The molecule has 0 aliphatic carbocycles. The van der Waals surface area contributed by atoms with E-state index >= 15 is 0 Å². The first kappa shape index (κ1) is 28.7. The first-order valence-electron chi connectivity index (χ1n) is 12.8. The average Bonchev–Trinajstić information content (AvgIpc) is 3.12. The molecule has 1 amide bonds. The second-order valence-corrected chi connectivity index (χ2v) is 12.9. The summed E-state index contributed by atoms with van der Waals surface area (Å²) in [6, 6.07) is 3.87. The van der Waals surface area contributed by atoms with Crippen molar-refractivity contribution in [2.75, 3.05) is 36.7 Å². The molecule has 1 saturated heterocycles. The van der Waals surface area contributed by atoms with Crippen molar-refractivity contribution in [3.8, 4) is 0 Å². The lowest BCUT2D eigenvalue weighted by Crippen LogP contribution is -2.50. The second kappa shape index (κ2) is 12.6. The Morgan fingerprint density at radius 3 is 2.44 bits per heavy atom. The van der Waals surface area contributed by atoms with E-state index in [1.807, 2.05) is 37.7 Å². The number of rotatable bonds is 12. The van der Waals surface area contributed by atoms with Gasteiger partial charge in [-0.3, -0.25) is 9.79 Å². The molecule has 1 aromatic rings. The van der Waals surface area contributed by atoms with E-state index in [2.05, 4.69) is 12.2 Å². The zero-order chi connectivity index (χ0) is 26.3. The van der Waals surface area contributed by atoms with Crippen LogP contribution in [0.5, 0.6) is 0 Å². The monoisotopic (exact) mass is 535 g/mol. The highest BCUT2D eigenvalue weighted by molar-refractivity contribution is 7.99. The maximum Gasteiger partial charge on any atom is 0.253 e. The van der Waals surface area contributed by atoms with E-state index in [1.165, 1.54) is 39.1 Å². The van der Waals surface area contributed by atoms with Gasteiger partial charge in [0, 0.05) is 32.0 Å². The number of amidine groups is 1. The molecule has 0 saturated carbocycles. The third-order valence-electron chi connectivity index (χ3n) is 6.88. The summed E-state index contributed by atoms with van der Waals surface area (Å²) in [5, 5.41) is 5.77. The van der Waals surface area contributed by atoms with E-state index in [0.717, 1.165) is 47.5 Å². The lowest BCUT2D eigenvalue weighted by Gasteiger charge is -2.34. The fourth-order valence-corrected chi connectivity index (χ4v) is 6.80. The van der Waals surface area contributed by atoms with Crippen molar-refractivity contribution in [1.82, 2.24) is 9.62 Å². The van der Waals surface area contributed by atoms with Gasteiger partial charge < -0.3 is 10.3 Å². The van der Waals surface area contributed by atoms with E-state index in [-0.39, 0.29) is 19.0 Å².